The zero-order chi connectivity index (χ0) is 39.8. The summed E-state index contributed by atoms with van der Waals surface area (Å²) >= 11 is 1.87. The molecule has 282 valence electrons. The average molecular weight is 783 g/mol. The third-order valence-electron chi connectivity index (χ3n) is 11.5. The van der Waals surface area contributed by atoms with Crippen LogP contribution >= 0.6 is 11.3 Å². The van der Waals surface area contributed by atoms with E-state index < -0.39 is 0 Å². The van der Waals surface area contributed by atoms with Gasteiger partial charge in [-0.25, -0.2) is 4.98 Å². The maximum atomic E-state index is 5.29. The zero-order valence-corrected chi connectivity index (χ0v) is 33.6. The summed E-state index contributed by atoms with van der Waals surface area (Å²) in [6.45, 7) is 0. The molecular weight excluding hydrogens is 745 g/mol. The van der Waals surface area contributed by atoms with Gasteiger partial charge in [0.25, 0.3) is 0 Å². The Bertz CT molecular complexity index is 3260. The predicted octanol–water partition coefficient (Wildman–Crippen LogP) is 16.4. The molecule has 0 amide bonds. The summed E-state index contributed by atoms with van der Waals surface area (Å²) in [5.41, 5.74) is 15.8. The van der Waals surface area contributed by atoms with Gasteiger partial charge in [0.2, 0.25) is 0 Å². The fourth-order valence-electron chi connectivity index (χ4n) is 8.44. The first-order valence-corrected chi connectivity index (χ1v) is 21.2. The first kappa shape index (κ1) is 35.6. The van der Waals surface area contributed by atoms with Crippen molar-refractivity contribution in [2.24, 2.45) is 0 Å². The van der Waals surface area contributed by atoms with Crippen molar-refractivity contribution in [2.75, 3.05) is 4.90 Å². The Morgan fingerprint density at radius 2 is 0.800 bits per heavy atom. The van der Waals surface area contributed by atoms with E-state index in [2.05, 4.69) is 235 Å². The lowest BCUT2D eigenvalue weighted by molar-refractivity contribution is 1.28. The molecule has 3 heteroatoms. The van der Waals surface area contributed by atoms with Gasteiger partial charge >= 0.3 is 0 Å². The van der Waals surface area contributed by atoms with E-state index in [4.69, 9.17) is 4.98 Å². The van der Waals surface area contributed by atoms with E-state index in [0.717, 1.165) is 50.3 Å². The van der Waals surface area contributed by atoms with Crippen LogP contribution in [-0.2, 0) is 0 Å². The van der Waals surface area contributed by atoms with Crippen LogP contribution < -0.4 is 4.90 Å². The molecule has 0 bridgehead atoms. The molecule has 0 saturated heterocycles. The van der Waals surface area contributed by atoms with E-state index in [0.29, 0.717) is 0 Å². The summed E-state index contributed by atoms with van der Waals surface area (Å²) in [7, 11) is 0. The summed E-state index contributed by atoms with van der Waals surface area (Å²) in [5, 5.41) is 3.75. The molecule has 2 nitrogen and oxygen atoms in total. The molecule has 0 aliphatic carbocycles. The fraction of sp³-hybridized carbons (Fsp3) is 0. The van der Waals surface area contributed by atoms with Crippen LogP contribution in [0.4, 0.5) is 17.1 Å². The number of hydrogen-bond acceptors (Lipinski definition) is 3. The van der Waals surface area contributed by atoms with E-state index in [1.807, 2.05) is 11.3 Å². The molecule has 0 unspecified atom stereocenters. The Morgan fingerprint density at radius 3 is 1.45 bits per heavy atom. The lowest BCUT2D eigenvalue weighted by Crippen LogP contribution is -2.09. The van der Waals surface area contributed by atoms with E-state index >= 15 is 0 Å². The minimum atomic E-state index is 0.964. The molecule has 0 spiro atoms. The van der Waals surface area contributed by atoms with E-state index in [1.54, 1.807) is 0 Å². The summed E-state index contributed by atoms with van der Waals surface area (Å²) in [6.07, 6.45) is 0. The van der Waals surface area contributed by atoms with Gasteiger partial charge in [-0.2, -0.15) is 0 Å². The molecule has 60 heavy (non-hydrogen) atoms. The maximum absolute atomic E-state index is 5.29. The molecule has 0 saturated carbocycles. The quantitative estimate of drug-likeness (QED) is 0.153. The van der Waals surface area contributed by atoms with Crippen molar-refractivity contribution >= 4 is 59.5 Å². The summed E-state index contributed by atoms with van der Waals surface area (Å²) in [6, 6.07) is 82.8. The molecule has 0 aliphatic rings. The molecule has 0 aliphatic heterocycles. The monoisotopic (exact) mass is 782 g/mol. The van der Waals surface area contributed by atoms with E-state index in [9.17, 15) is 0 Å². The maximum Gasteiger partial charge on any atom is 0.0788 e. The molecule has 0 fully saturated rings. The van der Waals surface area contributed by atoms with Gasteiger partial charge < -0.3 is 4.90 Å². The Kier molecular flexibility index (Phi) is 9.07. The second-order valence-corrected chi connectivity index (χ2v) is 16.2. The Balaban J connectivity index is 0.988. The number of fused-ring (bicyclic) bond motifs is 4. The van der Waals surface area contributed by atoms with Crippen LogP contribution in [0.1, 0.15) is 0 Å². The molecule has 11 rings (SSSR count). The largest absolute Gasteiger partial charge is 0.311 e. The Hall–Kier alpha value is -7.59. The molecule has 2 heterocycles. The van der Waals surface area contributed by atoms with Crippen molar-refractivity contribution in [3.05, 3.63) is 231 Å². The minimum absolute atomic E-state index is 0.964. The van der Waals surface area contributed by atoms with Gasteiger partial charge in [0.15, 0.2) is 0 Å². The zero-order valence-electron chi connectivity index (χ0n) is 32.7. The number of aromatic nitrogens is 1. The third kappa shape index (κ3) is 6.61. The second kappa shape index (κ2) is 15.3. The standard InChI is InChI=1S/C57H38N2S/c1-3-12-39(13-4-1)41-22-24-44(25-23-41)53-38-46-16-7-9-20-54(46)58-56(53)45-30-36-49(37-31-45)59(47-32-26-42(27-33-47)40-14-5-2-6-15-40)48-34-28-43(29-35-48)50-18-11-19-52-51-17-8-10-21-55(51)60-57(50)52/h1-38H. The lowest BCUT2D eigenvalue weighted by atomic mass is 9.95. The van der Waals surface area contributed by atoms with Crippen LogP contribution in [0.2, 0.25) is 0 Å². The SMILES string of the molecule is c1ccc(-c2ccc(-c3cc4ccccc4nc3-c3ccc(N(c4ccc(-c5ccccc5)cc4)c4ccc(-c5cccc6c5sc5ccccc56)cc4)cc3)cc2)cc1. The minimum Gasteiger partial charge on any atom is -0.311 e. The molecule has 2 aromatic heterocycles. The lowest BCUT2D eigenvalue weighted by Gasteiger charge is -2.26. The number of rotatable bonds is 8. The van der Waals surface area contributed by atoms with Crippen LogP contribution in [0.3, 0.4) is 0 Å². The predicted molar refractivity (Wildman–Crippen MR) is 256 cm³/mol. The molecule has 0 radical (unpaired) electrons. The highest BCUT2D eigenvalue weighted by Gasteiger charge is 2.17. The summed E-state index contributed by atoms with van der Waals surface area (Å²) in [4.78, 5) is 7.64. The van der Waals surface area contributed by atoms with Gasteiger partial charge in [-0.05, 0) is 93.5 Å². The van der Waals surface area contributed by atoms with Gasteiger partial charge in [-0.3, -0.25) is 0 Å². The van der Waals surface area contributed by atoms with E-state index in [1.165, 1.54) is 53.6 Å². The molecule has 0 atom stereocenters. The average Bonchev–Trinajstić information content (AvgIpc) is 3.72. The van der Waals surface area contributed by atoms with Crippen LogP contribution in [0, 0.1) is 0 Å². The van der Waals surface area contributed by atoms with E-state index in [-0.39, 0.29) is 0 Å². The van der Waals surface area contributed by atoms with Crippen LogP contribution in [0.5, 0.6) is 0 Å². The molecular formula is C57H38N2S. The van der Waals surface area contributed by atoms with Gasteiger partial charge in [0.1, 0.15) is 0 Å². The van der Waals surface area contributed by atoms with Crippen molar-refractivity contribution in [3.63, 3.8) is 0 Å². The van der Waals surface area contributed by atoms with Crippen molar-refractivity contribution in [3.8, 4) is 55.8 Å². The number of benzene rings is 9. The van der Waals surface area contributed by atoms with Gasteiger partial charge in [0.05, 0.1) is 11.2 Å². The number of anilines is 3. The first-order valence-electron chi connectivity index (χ1n) is 20.4. The van der Waals surface area contributed by atoms with Crippen molar-refractivity contribution < 1.29 is 0 Å². The number of thiophene rings is 1. The highest BCUT2D eigenvalue weighted by molar-refractivity contribution is 7.26. The number of para-hydroxylation sites is 1. The van der Waals surface area contributed by atoms with Gasteiger partial charge in [-0.15, -0.1) is 11.3 Å². The molecule has 0 N–H and O–H groups in total. The smallest absolute Gasteiger partial charge is 0.0788 e. The van der Waals surface area contributed by atoms with Crippen LogP contribution in [-0.4, -0.2) is 4.98 Å². The number of pyridine rings is 1. The fourth-order valence-corrected chi connectivity index (χ4v) is 9.68. The van der Waals surface area contributed by atoms with Gasteiger partial charge in [-0.1, -0.05) is 176 Å². The second-order valence-electron chi connectivity index (χ2n) is 15.1. The highest BCUT2D eigenvalue weighted by Crippen LogP contribution is 2.43. The first-order chi connectivity index (χ1) is 29.7. The molecule has 9 aromatic carbocycles. The van der Waals surface area contributed by atoms with Crippen molar-refractivity contribution in [1.29, 1.82) is 0 Å². The Morgan fingerprint density at radius 1 is 0.333 bits per heavy atom. The van der Waals surface area contributed by atoms with Crippen LogP contribution in [0.15, 0.2) is 231 Å². The van der Waals surface area contributed by atoms with Gasteiger partial charge in [0, 0.05) is 53.7 Å². The topological polar surface area (TPSA) is 16.1 Å². The third-order valence-corrected chi connectivity index (χ3v) is 12.7. The normalized spacial score (nSPS) is 11.3. The summed E-state index contributed by atoms with van der Waals surface area (Å²) < 4.78 is 2.64. The van der Waals surface area contributed by atoms with Crippen molar-refractivity contribution in [2.45, 2.75) is 0 Å². The highest BCUT2D eigenvalue weighted by atomic mass is 32.1. The molecule has 11 aromatic rings. The number of hydrogen-bond donors (Lipinski definition) is 0. The Labute approximate surface area is 353 Å². The van der Waals surface area contributed by atoms with Crippen LogP contribution in [0.25, 0.3) is 86.8 Å². The van der Waals surface area contributed by atoms with Crippen molar-refractivity contribution in [1.82, 2.24) is 4.98 Å². The summed E-state index contributed by atoms with van der Waals surface area (Å²) in [5.74, 6) is 0. The number of nitrogens with zero attached hydrogens (tertiary/aromatic N) is 2.